The highest BCUT2D eigenvalue weighted by Crippen LogP contribution is 2.30. The number of Topliss-reactive ketones (excluding diaryl/α,β-unsaturated/α-hetero) is 1. The van der Waals surface area contributed by atoms with Crippen LogP contribution in [0.2, 0.25) is 0 Å². The van der Waals surface area contributed by atoms with Crippen LogP contribution in [-0.4, -0.2) is 17.3 Å². The lowest BCUT2D eigenvalue weighted by Gasteiger charge is -2.31. The fourth-order valence-electron chi connectivity index (χ4n) is 2.97. The third-order valence-electron chi connectivity index (χ3n) is 4.28. The van der Waals surface area contributed by atoms with E-state index in [1.54, 1.807) is 30.3 Å². The van der Waals surface area contributed by atoms with Crippen molar-refractivity contribution in [2.75, 3.05) is 11.4 Å². The second-order valence-electron chi connectivity index (χ2n) is 5.78. The normalized spacial score (nSPS) is 13.1. The Morgan fingerprint density at radius 1 is 1.25 bits per heavy atom. The fraction of sp³-hybridized carbons (Fsp3) is 0.222. The number of hydrogen-bond acceptors (Lipinski definition) is 5. The van der Waals surface area contributed by atoms with Crippen molar-refractivity contribution in [3.63, 3.8) is 0 Å². The number of hydrogen-bond donors (Lipinski definition) is 0. The summed E-state index contributed by atoms with van der Waals surface area (Å²) < 4.78 is 0. The maximum absolute atomic E-state index is 11.6. The molecule has 0 atom stereocenters. The molecule has 0 fully saturated rings. The zero-order valence-corrected chi connectivity index (χ0v) is 13.2. The van der Waals surface area contributed by atoms with Crippen molar-refractivity contribution in [3.8, 4) is 6.07 Å². The molecule has 1 heterocycles. The van der Waals surface area contributed by atoms with E-state index in [9.17, 15) is 20.2 Å². The van der Waals surface area contributed by atoms with Crippen LogP contribution in [0.25, 0.3) is 0 Å². The zero-order chi connectivity index (χ0) is 17.3. The second-order valence-corrected chi connectivity index (χ2v) is 5.78. The number of carbonyl (C=O) groups is 1. The van der Waals surface area contributed by atoms with Crippen molar-refractivity contribution in [3.05, 3.63) is 68.8 Å². The first-order valence-electron chi connectivity index (χ1n) is 7.56. The molecule has 24 heavy (non-hydrogen) atoms. The van der Waals surface area contributed by atoms with Gasteiger partial charge in [-0.15, -0.1) is 0 Å². The van der Waals surface area contributed by atoms with Crippen LogP contribution in [0, 0.1) is 21.4 Å². The summed E-state index contributed by atoms with van der Waals surface area (Å²) in [5, 5.41) is 20.3. The van der Waals surface area contributed by atoms with E-state index >= 15 is 0 Å². The van der Waals surface area contributed by atoms with Crippen molar-refractivity contribution in [2.24, 2.45) is 0 Å². The summed E-state index contributed by atoms with van der Waals surface area (Å²) in [6, 6.07) is 12.1. The molecule has 0 unspecified atom stereocenters. The lowest BCUT2D eigenvalue weighted by atomic mass is 9.97. The van der Waals surface area contributed by atoms with Gasteiger partial charge < -0.3 is 4.90 Å². The number of nitro benzene ring substituents is 1. The third kappa shape index (κ3) is 2.84. The Balaban J connectivity index is 1.99. The molecule has 0 saturated heterocycles. The summed E-state index contributed by atoms with van der Waals surface area (Å²) in [7, 11) is 0. The highest BCUT2D eigenvalue weighted by atomic mass is 16.6. The van der Waals surface area contributed by atoms with E-state index in [2.05, 4.69) is 6.07 Å². The minimum absolute atomic E-state index is 0.0613. The fourth-order valence-corrected chi connectivity index (χ4v) is 2.97. The number of non-ortho nitro benzene ring substituents is 1. The predicted octanol–water partition coefficient (Wildman–Crippen LogP) is 3.23. The number of benzene rings is 2. The average molecular weight is 321 g/mol. The molecule has 0 N–H and O–H groups in total. The van der Waals surface area contributed by atoms with E-state index in [1.807, 2.05) is 4.90 Å². The Bertz CT molecular complexity index is 884. The molecule has 0 aliphatic carbocycles. The zero-order valence-electron chi connectivity index (χ0n) is 13.2. The van der Waals surface area contributed by atoms with E-state index in [0.29, 0.717) is 29.9 Å². The summed E-state index contributed by atoms with van der Waals surface area (Å²) in [6.07, 6.45) is 0.739. The van der Waals surface area contributed by atoms with Crippen LogP contribution in [0.4, 0.5) is 11.4 Å². The molecule has 1 aliphatic heterocycles. The Labute approximate surface area is 139 Å². The van der Waals surface area contributed by atoms with Crippen LogP contribution in [0.5, 0.6) is 0 Å². The van der Waals surface area contributed by atoms with Crippen LogP contribution < -0.4 is 4.90 Å². The SMILES string of the molecule is CC(=O)c1ccc(C#N)c(N2CCc3ccc([N+](=O)[O-])cc3C2)c1. The van der Waals surface area contributed by atoms with Crippen molar-refractivity contribution in [2.45, 2.75) is 19.9 Å². The highest BCUT2D eigenvalue weighted by Gasteiger charge is 2.21. The quantitative estimate of drug-likeness (QED) is 0.492. The Kier molecular flexibility index (Phi) is 4.00. The number of nitro groups is 1. The number of nitriles is 1. The van der Waals surface area contributed by atoms with E-state index in [0.717, 1.165) is 17.5 Å². The van der Waals surface area contributed by atoms with E-state index in [4.69, 9.17) is 0 Å². The summed E-state index contributed by atoms with van der Waals surface area (Å²) in [6.45, 7) is 2.66. The van der Waals surface area contributed by atoms with E-state index < -0.39 is 4.92 Å². The first-order valence-corrected chi connectivity index (χ1v) is 7.56. The van der Waals surface area contributed by atoms with Gasteiger partial charge in [-0.05, 0) is 42.7 Å². The summed E-state index contributed by atoms with van der Waals surface area (Å²) in [4.78, 5) is 24.2. The van der Waals surface area contributed by atoms with Gasteiger partial charge in [-0.2, -0.15) is 5.26 Å². The molecule has 0 spiro atoms. The van der Waals surface area contributed by atoms with Crippen molar-refractivity contribution in [1.82, 2.24) is 0 Å². The Morgan fingerprint density at radius 2 is 2.04 bits per heavy atom. The average Bonchev–Trinajstić information content (AvgIpc) is 2.60. The Morgan fingerprint density at radius 3 is 2.71 bits per heavy atom. The molecule has 3 rings (SSSR count). The van der Waals surface area contributed by atoms with Crippen molar-refractivity contribution in [1.29, 1.82) is 5.26 Å². The number of nitrogens with zero attached hydrogens (tertiary/aromatic N) is 3. The molecular formula is C18H15N3O3. The molecule has 2 aromatic rings. The molecule has 6 heteroatoms. The predicted molar refractivity (Wildman–Crippen MR) is 89.0 cm³/mol. The number of ketones is 1. The summed E-state index contributed by atoms with van der Waals surface area (Å²) >= 11 is 0. The minimum atomic E-state index is -0.406. The van der Waals surface area contributed by atoms with Gasteiger partial charge >= 0.3 is 0 Å². The summed E-state index contributed by atoms with van der Waals surface area (Å²) in [5.41, 5.74) is 3.77. The molecule has 0 radical (unpaired) electrons. The lowest BCUT2D eigenvalue weighted by molar-refractivity contribution is -0.384. The van der Waals surface area contributed by atoms with Gasteiger partial charge in [0.2, 0.25) is 0 Å². The smallest absolute Gasteiger partial charge is 0.269 e. The standard InChI is InChI=1S/C18H15N3O3/c1-12(22)14-2-3-15(10-19)18(9-14)20-7-6-13-4-5-17(21(23)24)8-16(13)11-20/h2-5,8-9H,6-7,11H2,1H3. The molecule has 0 saturated carbocycles. The van der Waals surface area contributed by atoms with Crippen molar-refractivity contribution < 1.29 is 9.72 Å². The van der Waals surface area contributed by atoms with Crippen LogP contribution in [0.3, 0.4) is 0 Å². The number of anilines is 1. The molecular weight excluding hydrogens is 306 g/mol. The molecule has 2 aromatic carbocycles. The molecule has 1 aliphatic rings. The Hall–Kier alpha value is -3.20. The minimum Gasteiger partial charge on any atom is -0.366 e. The van der Waals surface area contributed by atoms with Gasteiger partial charge in [-0.1, -0.05) is 6.07 Å². The van der Waals surface area contributed by atoms with Crippen LogP contribution in [0.1, 0.15) is 34.0 Å². The van der Waals surface area contributed by atoms with Gasteiger partial charge in [-0.3, -0.25) is 14.9 Å². The van der Waals surface area contributed by atoms with Crippen LogP contribution >= 0.6 is 0 Å². The lowest BCUT2D eigenvalue weighted by Crippen LogP contribution is -2.31. The molecule has 6 nitrogen and oxygen atoms in total. The highest BCUT2D eigenvalue weighted by molar-refractivity contribution is 5.95. The van der Waals surface area contributed by atoms with Gasteiger partial charge in [0.1, 0.15) is 6.07 Å². The summed E-state index contributed by atoms with van der Waals surface area (Å²) in [5.74, 6) is -0.0613. The van der Waals surface area contributed by atoms with Gasteiger partial charge in [0.25, 0.3) is 5.69 Å². The monoisotopic (exact) mass is 321 g/mol. The topological polar surface area (TPSA) is 87.2 Å². The maximum atomic E-state index is 11.6. The molecule has 0 bridgehead atoms. The van der Waals surface area contributed by atoms with Gasteiger partial charge in [0, 0.05) is 30.8 Å². The van der Waals surface area contributed by atoms with Gasteiger partial charge in [0.05, 0.1) is 16.2 Å². The maximum Gasteiger partial charge on any atom is 0.269 e. The first-order chi connectivity index (χ1) is 11.5. The van der Waals surface area contributed by atoms with E-state index in [1.165, 1.54) is 13.0 Å². The van der Waals surface area contributed by atoms with Crippen LogP contribution in [-0.2, 0) is 13.0 Å². The third-order valence-corrected chi connectivity index (χ3v) is 4.28. The van der Waals surface area contributed by atoms with E-state index in [-0.39, 0.29) is 11.5 Å². The molecule has 0 amide bonds. The number of fused-ring (bicyclic) bond motifs is 1. The molecule has 120 valence electrons. The van der Waals surface area contributed by atoms with Gasteiger partial charge in [-0.25, -0.2) is 0 Å². The second kappa shape index (κ2) is 6.13. The van der Waals surface area contributed by atoms with Crippen molar-refractivity contribution >= 4 is 17.2 Å². The van der Waals surface area contributed by atoms with Crippen LogP contribution in [0.15, 0.2) is 36.4 Å². The number of rotatable bonds is 3. The molecule has 0 aromatic heterocycles. The van der Waals surface area contributed by atoms with Gasteiger partial charge in [0.15, 0.2) is 5.78 Å². The number of carbonyl (C=O) groups excluding carboxylic acids is 1. The first kappa shape index (κ1) is 15.7. The largest absolute Gasteiger partial charge is 0.366 e.